The summed E-state index contributed by atoms with van der Waals surface area (Å²) < 4.78 is 0. The van der Waals surface area contributed by atoms with Crippen LogP contribution in [0.4, 0.5) is 0 Å². The Kier molecular flexibility index (Phi) is 5.64. The minimum Gasteiger partial charge on any atom is -0.0622 e. The van der Waals surface area contributed by atoms with Crippen LogP contribution in [0.1, 0.15) is 25.0 Å². The molecule has 212 valence electrons. The van der Waals surface area contributed by atoms with E-state index in [1.807, 2.05) is 0 Å². The first kappa shape index (κ1) is 26.0. The van der Waals surface area contributed by atoms with Crippen LogP contribution in [-0.4, -0.2) is 0 Å². The van der Waals surface area contributed by atoms with E-state index in [0.717, 1.165) is 0 Å². The predicted molar refractivity (Wildman–Crippen MR) is 193 cm³/mol. The molecule has 1 aliphatic carbocycles. The molecule has 45 heavy (non-hydrogen) atoms. The van der Waals surface area contributed by atoms with Gasteiger partial charge in [-0.2, -0.15) is 0 Å². The second-order valence-corrected chi connectivity index (χ2v) is 12.8. The molecule has 0 unspecified atom stereocenters. The number of fused-ring (bicyclic) bond motifs is 7. The number of hydrogen-bond donors (Lipinski definition) is 0. The molecule has 1 aliphatic rings. The molecule has 0 spiro atoms. The lowest BCUT2D eigenvalue weighted by Crippen LogP contribution is -2.15. The molecule has 0 saturated heterocycles. The summed E-state index contributed by atoms with van der Waals surface area (Å²) in [4.78, 5) is 0. The quantitative estimate of drug-likeness (QED) is 0.185. The van der Waals surface area contributed by atoms with Gasteiger partial charge in [0.1, 0.15) is 0 Å². The zero-order chi connectivity index (χ0) is 30.1. The van der Waals surface area contributed by atoms with Crippen LogP contribution in [0.3, 0.4) is 0 Å². The summed E-state index contributed by atoms with van der Waals surface area (Å²) in [6.07, 6.45) is 0. The van der Waals surface area contributed by atoms with E-state index in [0.29, 0.717) is 0 Å². The smallest absolute Gasteiger partial charge is 0.0165 e. The van der Waals surface area contributed by atoms with Crippen molar-refractivity contribution in [3.05, 3.63) is 169 Å². The first-order valence-electron chi connectivity index (χ1n) is 15.9. The van der Waals surface area contributed by atoms with Gasteiger partial charge in [0, 0.05) is 5.41 Å². The molecular weight excluding hydrogens is 540 g/mol. The van der Waals surface area contributed by atoms with E-state index in [1.165, 1.54) is 88.0 Å². The molecule has 0 radical (unpaired) electrons. The van der Waals surface area contributed by atoms with Crippen molar-refractivity contribution in [1.29, 1.82) is 0 Å². The zero-order valence-electron chi connectivity index (χ0n) is 25.5. The second-order valence-electron chi connectivity index (χ2n) is 12.8. The molecule has 0 aromatic heterocycles. The maximum Gasteiger partial charge on any atom is 0.0165 e. The highest BCUT2D eigenvalue weighted by Gasteiger charge is 2.38. The molecule has 8 aromatic carbocycles. The summed E-state index contributed by atoms with van der Waals surface area (Å²) in [5.74, 6) is 0. The van der Waals surface area contributed by atoms with Gasteiger partial charge in [0.15, 0.2) is 0 Å². The highest BCUT2D eigenvalue weighted by atomic mass is 14.4. The molecule has 0 nitrogen and oxygen atoms in total. The third-order valence-corrected chi connectivity index (χ3v) is 10.0. The summed E-state index contributed by atoms with van der Waals surface area (Å²) in [5.41, 5.74) is 13.1. The standard InChI is InChI=1S/C45H32/c1-45(2)40-26-14-25-38(43(40)39-28-27-30-17-6-7-19-32(30)44(39)45)42-36-23-12-10-21-34(36)41(35-22-11-13-24-37(35)42)33-20-9-8-18-31(33)29-15-4-3-5-16-29/h3-28H,1-2H3. The molecule has 0 heteroatoms. The van der Waals surface area contributed by atoms with E-state index in [-0.39, 0.29) is 5.41 Å². The van der Waals surface area contributed by atoms with Crippen LogP contribution in [-0.2, 0) is 5.41 Å². The van der Waals surface area contributed by atoms with E-state index < -0.39 is 0 Å². The Morgan fingerprint density at radius 2 is 0.844 bits per heavy atom. The first-order valence-corrected chi connectivity index (χ1v) is 15.9. The Morgan fingerprint density at radius 1 is 0.333 bits per heavy atom. The minimum absolute atomic E-state index is 0.109. The van der Waals surface area contributed by atoms with E-state index >= 15 is 0 Å². The summed E-state index contributed by atoms with van der Waals surface area (Å²) >= 11 is 0. The summed E-state index contributed by atoms with van der Waals surface area (Å²) in [6.45, 7) is 4.79. The van der Waals surface area contributed by atoms with Crippen LogP contribution in [0.15, 0.2) is 158 Å². The SMILES string of the molecule is CC1(C)c2cccc(-c3c4ccccc4c(-c4ccccc4-c4ccccc4)c4ccccc34)c2-c2ccc3ccccc3c21. The van der Waals surface area contributed by atoms with E-state index in [2.05, 4.69) is 172 Å². The normalized spacial score (nSPS) is 13.3. The molecule has 0 amide bonds. The van der Waals surface area contributed by atoms with Gasteiger partial charge in [0.25, 0.3) is 0 Å². The van der Waals surface area contributed by atoms with Gasteiger partial charge >= 0.3 is 0 Å². The lowest BCUT2D eigenvalue weighted by atomic mass is 9.79. The molecule has 8 aromatic rings. The van der Waals surface area contributed by atoms with E-state index in [1.54, 1.807) is 0 Å². The highest BCUT2D eigenvalue weighted by Crippen LogP contribution is 2.56. The Hall–Kier alpha value is -5.46. The van der Waals surface area contributed by atoms with Crippen LogP contribution >= 0.6 is 0 Å². The van der Waals surface area contributed by atoms with E-state index in [9.17, 15) is 0 Å². The van der Waals surface area contributed by atoms with E-state index in [4.69, 9.17) is 0 Å². The zero-order valence-corrected chi connectivity index (χ0v) is 25.5. The molecule has 0 saturated carbocycles. The van der Waals surface area contributed by atoms with Crippen molar-refractivity contribution in [1.82, 2.24) is 0 Å². The van der Waals surface area contributed by atoms with Crippen molar-refractivity contribution in [3.63, 3.8) is 0 Å². The maximum atomic E-state index is 2.40. The van der Waals surface area contributed by atoms with Crippen molar-refractivity contribution < 1.29 is 0 Å². The number of benzene rings is 8. The van der Waals surface area contributed by atoms with Crippen LogP contribution in [0, 0.1) is 0 Å². The average molecular weight is 573 g/mol. The Labute approximate surface area is 264 Å². The van der Waals surface area contributed by atoms with Gasteiger partial charge in [-0.25, -0.2) is 0 Å². The number of hydrogen-bond acceptors (Lipinski definition) is 0. The molecule has 0 bridgehead atoms. The van der Waals surface area contributed by atoms with Crippen molar-refractivity contribution in [2.45, 2.75) is 19.3 Å². The summed E-state index contributed by atoms with van der Waals surface area (Å²) in [5, 5.41) is 7.79. The molecular formula is C45H32. The van der Waals surface area contributed by atoms with Gasteiger partial charge in [-0.15, -0.1) is 0 Å². The average Bonchev–Trinajstić information content (AvgIpc) is 3.34. The molecule has 9 rings (SSSR count). The third-order valence-electron chi connectivity index (χ3n) is 10.0. The molecule has 0 N–H and O–H groups in total. The van der Waals surface area contributed by atoms with Crippen LogP contribution in [0.25, 0.3) is 76.8 Å². The largest absolute Gasteiger partial charge is 0.0622 e. The van der Waals surface area contributed by atoms with Gasteiger partial charge < -0.3 is 0 Å². The molecule has 0 fully saturated rings. The Balaban J connectivity index is 1.41. The fourth-order valence-electron chi connectivity index (χ4n) is 8.14. The number of rotatable bonds is 3. The van der Waals surface area contributed by atoms with Gasteiger partial charge in [0.2, 0.25) is 0 Å². The van der Waals surface area contributed by atoms with Gasteiger partial charge in [0.05, 0.1) is 0 Å². The molecule has 0 heterocycles. The Bertz CT molecular complexity index is 2390. The Morgan fingerprint density at radius 3 is 1.51 bits per heavy atom. The van der Waals surface area contributed by atoms with Crippen molar-refractivity contribution >= 4 is 32.3 Å². The highest BCUT2D eigenvalue weighted by molar-refractivity contribution is 6.23. The lowest BCUT2D eigenvalue weighted by molar-refractivity contribution is 0.666. The molecule has 0 aliphatic heterocycles. The van der Waals surface area contributed by atoms with Crippen LogP contribution < -0.4 is 0 Å². The first-order chi connectivity index (χ1) is 22.1. The lowest BCUT2D eigenvalue weighted by Gasteiger charge is -2.24. The predicted octanol–water partition coefficient (Wildman–Crippen LogP) is 12.5. The summed E-state index contributed by atoms with van der Waals surface area (Å²) in [7, 11) is 0. The van der Waals surface area contributed by atoms with Gasteiger partial charge in [-0.05, 0) is 88.0 Å². The summed E-state index contributed by atoms with van der Waals surface area (Å²) in [6, 6.07) is 58.2. The topological polar surface area (TPSA) is 0 Å². The van der Waals surface area contributed by atoms with Crippen molar-refractivity contribution in [3.8, 4) is 44.5 Å². The van der Waals surface area contributed by atoms with Crippen LogP contribution in [0.5, 0.6) is 0 Å². The fourth-order valence-corrected chi connectivity index (χ4v) is 8.14. The molecule has 0 atom stereocenters. The van der Waals surface area contributed by atoms with Crippen LogP contribution in [0.2, 0.25) is 0 Å². The minimum atomic E-state index is -0.109. The fraction of sp³-hybridized carbons (Fsp3) is 0.0667. The van der Waals surface area contributed by atoms with Crippen molar-refractivity contribution in [2.75, 3.05) is 0 Å². The maximum absolute atomic E-state index is 2.40. The second kappa shape index (κ2) is 9.78. The van der Waals surface area contributed by atoms with Gasteiger partial charge in [-0.1, -0.05) is 172 Å². The van der Waals surface area contributed by atoms with Gasteiger partial charge in [-0.3, -0.25) is 0 Å². The third kappa shape index (κ3) is 3.72. The van der Waals surface area contributed by atoms with Crippen molar-refractivity contribution in [2.24, 2.45) is 0 Å². The monoisotopic (exact) mass is 572 g/mol.